The van der Waals surface area contributed by atoms with Gasteiger partial charge in [-0.25, -0.2) is 0 Å². The molecule has 0 amide bonds. The fourth-order valence-electron chi connectivity index (χ4n) is 11.5. The number of esters is 2. The van der Waals surface area contributed by atoms with E-state index < -0.39 is 46.1 Å². The largest absolute Gasteiger partial charge is 0.463 e. The molecule has 0 spiro atoms. The number of aryl methyl sites for hydroxylation is 1. The number of allylic oxidation sites excluding steroid dienone is 4. The Morgan fingerprint density at radius 2 is 1.00 bits per heavy atom. The van der Waals surface area contributed by atoms with Crippen LogP contribution >= 0.6 is 0 Å². The van der Waals surface area contributed by atoms with E-state index in [0.717, 1.165) is 76.2 Å². The first kappa shape index (κ1) is 65.8. The van der Waals surface area contributed by atoms with Crippen LogP contribution in [0.3, 0.4) is 0 Å². The van der Waals surface area contributed by atoms with E-state index in [1.165, 1.54) is 44.9 Å². The number of unbranched alkanes of at least 4 members (excludes halogenated alkanes) is 10. The fourth-order valence-corrected chi connectivity index (χ4v) is 12.7. The number of hydrogen-bond acceptors (Lipinski definition) is 14. The van der Waals surface area contributed by atoms with Gasteiger partial charge in [-0.15, -0.1) is 0 Å². The number of rotatable bonds is 35. The van der Waals surface area contributed by atoms with E-state index in [4.69, 9.17) is 32.6 Å². The molecule has 5 rings (SSSR count). The van der Waals surface area contributed by atoms with Crippen molar-refractivity contribution in [1.82, 2.24) is 0 Å². The van der Waals surface area contributed by atoms with E-state index in [1.54, 1.807) is 24.3 Å². The van der Waals surface area contributed by atoms with Crippen molar-refractivity contribution in [3.63, 3.8) is 0 Å². The lowest BCUT2D eigenvalue weighted by atomic mass is 9.85. The van der Waals surface area contributed by atoms with E-state index in [1.807, 2.05) is 46.8 Å². The lowest BCUT2D eigenvalue weighted by molar-refractivity contribution is -0.172. The van der Waals surface area contributed by atoms with E-state index in [0.29, 0.717) is 71.4 Å². The van der Waals surface area contributed by atoms with E-state index >= 15 is 0 Å². The molecular formula is C61H102O14S. The van der Waals surface area contributed by atoms with Gasteiger partial charge in [0.2, 0.25) is 0 Å². The summed E-state index contributed by atoms with van der Waals surface area (Å²) in [6.45, 7) is 16.1. The molecule has 2 unspecified atom stereocenters. The molecule has 2 aliphatic carbocycles. The topological polar surface area (TPSA) is 194 Å². The standard InChI is InChI=1S/C34H54O8S.C27H48O6/c1-5-6-7-10-13-21-34(39-23-24-40-34)22-20-30-29(14-11-8-9-12-15-33(36)41-26(2)3)31(35)25-32(30)42-43(37,38)28-18-16-27(4)17-19-28;1-4-5-6-9-12-16-27(31-18-19-32-27)17-15-23-22(24(28)20-25(23)29)13-10-7-8-11-14-26(30)33-21(2)3/h8,11,16-19,26,29-32,35H,5-7,9-10,12-15,20-25H2,1-4H3;7,10,21-25,28-29H,4-6,8-9,11-20H2,1-3H3/b11-8-;10-7-/t29?,30-,31+,32-;22?,23-,24+,25-/m11/s1. The summed E-state index contributed by atoms with van der Waals surface area (Å²) in [5.41, 5.74) is 0.966. The van der Waals surface area contributed by atoms with Crippen molar-refractivity contribution in [2.45, 2.75) is 269 Å². The zero-order chi connectivity index (χ0) is 55.4. The van der Waals surface area contributed by atoms with Gasteiger partial charge in [0.25, 0.3) is 10.1 Å². The molecule has 0 bridgehead atoms. The maximum atomic E-state index is 13.3. The molecule has 1 aromatic rings. The van der Waals surface area contributed by atoms with Crippen molar-refractivity contribution >= 4 is 22.1 Å². The smallest absolute Gasteiger partial charge is 0.306 e. The van der Waals surface area contributed by atoms with Crippen LogP contribution in [0, 0.1) is 30.6 Å². The Morgan fingerprint density at radius 3 is 1.46 bits per heavy atom. The second kappa shape index (κ2) is 35.1. The SMILES string of the molecule is CCCCCCCC1(CC[C@@H]2C(C/C=C\CCCC(=O)OC(C)C)[C@@H](O)C[C@H]2O)OCCO1.CCCCCCCC1(CC[C@@H]2C(C/C=C\CCCC(=O)OC(C)C)[C@@H](O)C[C@H]2OS(=O)(=O)c2ccc(C)cc2)OCCO1. The summed E-state index contributed by atoms with van der Waals surface area (Å²) < 4.78 is 67.2. The second-order valence-electron chi connectivity index (χ2n) is 22.6. The van der Waals surface area contributed by atoms with Crippen molar-refractivity contribution in [2.75, 3.05) is 26.4 Å². The van der Waals surface area contributed by atoms with Crippen molar-refractivity contribution in [1.29, 1.82) is 0 Å². The molecule has 4 aliphatic rings. The molecule has 2 heterocycles. The van der Waals surface area contributed by atoms with Crippen LogP contribution in [0.25, 0.3) is 0 Å². The Kier molecular flexibility index (Phi) is 30.4. The molecule has 1 aromatic carbocycles. The van der Waals surface area contributed by atoms with Gasteiger partial charge >= 0.3 is 11.9 Å². The first-order chi connectivity index (χ1) is 36.4. The first-order valence-electron chi connectivity index (χ1n) is 29.7. The zero-order valence-corrected chi connectivity index (χ0v) is 48.7. The van der Waals surface area contributed by atoms with Gasteiger partial charge in [0, 0.05) is 44.9 Å². The third kappa shape index (κ3) is 23.5. The lowest BCUT2D eigenvalue weighted by Crippen LogP contribution is -2.33. The fraction of sp³-hybridized carbons (Fsp3) is 0.803. The molecule has 76 heavy (non-hydrogen) atoms. The van der Waals surface area contributed by atoms with Gasteiger partial charge in [-0.2, -0.15) is 8.42 Å². The summed E-state index contributed by atoms with van der Waals surface area (Å²) in [5.74, 6) is -1.77. The summed E-state index contributed by atoms with van der Waals surface area (Å²) >= 11 is 0. The minimum atomic E-state index is -4.00. The van der Waals surface area contributed by atoms with Crippen LogP contribution in [-0.4, -0.2) is 110 Å². The minimum Gasteiger partial charge on any atom is -0.463 e. The van der Waals surface area contributed by atoms with Crippen molar-refractivity contribution < 1.29 is 65.9 Å². The normalized spacial score (nSPS) is 25.3. The molecule has 2 saturated carbocycles. The molecule has 436 valence electrons. The van der Waals surface area contributed by atoms with Gasteiger partial charge in [-0.1, -0.05) is 107 Å². The Labute approximate surface area is 458 Å². The lowest BCUT2D eigenvalue weighted by Gasteiger charge is -2.31. The van der Waals surface area contributed by atoms with Crippen molar-refractivity contribution in [3.05, 3.63) is 54.1 Å². The quantitative estimate of drug-likeness (QED) is 0.0251. The molecule has 3 N–H and O–H groups in total. The van der Waals surface area contributed by atoms with E-state index in [-0.39, 0.29) is 59.1 Å². The van der Waals surface area contributed by atoms with E-state index in [9.17, 15) is 33.3 Å². The van der Waals surface area contributed by atoms with Crippen molar-refractivity contribution in [3.8, 4) is 0 Å². The predicted octanol–water partition coefficient (Wildman–Crippen LogP) is 12.3. The number of benzene rings is 1. The number of aliphatic hydroxyl groups is 3. The third-order valence-corrected chi connectivity index (χ3v) is 17.0. The highest BCUT2D eigenvalue weighted by Gasteiger charge is 2.47. The average Bonchev–Trinajstić information content (AvgIpc) is 4.16. The molecule has 0 aromatic heterocycles. The highest BCUT2D eigenvalue weighted by Crippen LogP contribution is 2.45. The summed E-state index contributed by atoms with van der Waals surface area (Å²) in [6, 6.07) is 6.64. The van der Waals surface area contributed by atoms with Gasteiger partial charge in [0.15, 0.2) is 11.6 Å². The van der Waals surface area contributed by atoms with Gasteiger partial charge < -0.3 is 43.7 Å². The molecule has 2 aliphatic heterocycles. The highest BCUT2D eigenvalue weighted by atomic mass is 32.2. The first-order valence-corrected chi connectivity index (χ1v) is 31.1. The second-order valence-corrected chi connectivity index (χ2v) is 24.2. The summed E-state index contributed by atoms with van der Waals surface area (Å²) in [4.78, 5) is 23.5. The number of carbonyl (C=O) groups excluding carboxylic acids is 2. The molecule has 14 nitrogen and oxygen atoms in total. The van der Waals surface area contributed by atoms with Crippen LogP contribution in [0.4, 0.5) is 0 Å². The van der Waals surface area contributed by atoms with Gasteiger partial charge in [-0.3, -0.25) is 13.8 Å². The number of carbonyl (C=O) groups is 2. The van der Waals surface area contributed by atoms with E-state index in [2.05, 4.69) is 26.0 Å². The maximum Gasteiger partial charge on any atom is 0.306 e. The van der Waals surface area contributed by atoms with Crippen molar-refractivity contribution in [2.24, 2.45) is 23.7 Å². The van der Waals surface area contributed by atoms with Gasteiger partial charge in [0.1, 0.15) is 0 Å². The van der Waals surface area contributed by atoms with Crippen LogP contribution in [0.2, 0.25) is 0 Å². The Morgan fingerprint density at radius 1 is 0.579 bits per heavy atom. The number of ether oxygens (including phenoxy) is 6. The number of hydrogen-bond donors (Lipinski definition) is 3. The van der Waals surface area contributed by atoms with Gasteiger partial charge in [0.05, 0.1) is 67.9 Å². The molecule has 2 saturated heterocycles. The Balaban J connectivity index is 0.000000340. The monoisotopic (exact) mass is 1090 g/mol. The summed E-state index contributed by atoms with van der Waals surface area (Å²) in [7, 11) is -4.00. The van der Waals surface area contributed by atoms with Gasteiger partial charge in [-0.05, 0) is 141 Å². The third-order valence-electron chi connectivity index (χ3n) is 15.6. The van der Waals surface area contributed by atoms with Crippen LogP contribution in [-0.2, 0) is 52.3 Å². The molecule has 8 atom stereocenters. The van der Waals surface area contributed by atoms with Crippen LogP contribution < -0.4 is 0 Å². The van der Waals surface area contributed by atoms with Crippen LogP contribution in [0.15, 0.2) is 53.5 Å². The number of aliphatic hydroxyl groups excluding tert-OH is 3. The van der Waals surface area contributed by atoms with Crippen LogP contribution in [0.5, 0.6) is 0 Å². The summed E-state index contributed by atoms with van der Waals surface area (Å²) in [6.07, 6.45) is 28.0. The molecule has 0 radical (unpaired) electrons. The summed E-state index contributed by atoms with van der Waals surface area (Å²) in [5, 5.41) is 32.3. The molecule has 15 heteroatoms. The Bertz CT molecular complexity index is 1920. The Hall–Kier alpha value is -2.73. The zero-order valence-electron chi connectivity index (χ0n) is 47.8. The molecule has 4 fully saturated rings. The predicted molar refractivity (Wildman–Crippen MR) is 297 cm³/mol. The maximum absolute atomic E-state index is 13.3. The average molecular weight is 1090 g/mol. The minimum absolute atomic E-state index is 0.0464. The van der Waals surface area contributed by atoms with Crippen LogP contribution in [0.1, 0.15) is 214 Å². The highest BCUT2D eigenvalue weighted by molar-refractivity contribution is 7.86. The molecular weight excluding hydrogens is 989 g/mol.